The summed E-state index contributed by atoms with van der Waals surface area (Å²) >= 11 is 0. The molecule has 0 aromatic rings. The van der Waals surface area contributed by atoms with Crippen LogP contribution < -0.4 is 10.6 Å². The summed E-state index contributed by atoms with van der Waals surface area (Å²) in [6.45, 7) is 4.42. The van der Waals surface area contributed by atoms with E-state index in [4.69, 9.17) is 0 Å². The largest absolute Gasteiger partial charge is 0.338 e. The zero-order valence-electron chi connectivity index (χ0n) is 10.0. The molecule has 0 aromatic carbocycles. The van der Waals surface area contributed by atoms with Crippen LogP contribution in [-0.2, 0) is 0 Å². The number of carbonyl (C=O) groups is 1. The van der Waals surface area contributed by atoms with Crippen molar-refractivity contribution in [3.05, 3.63) is 0 Å². The molecule has 0 unspecified atom stereocenters. The van der Waals surface area contributed by atoms with Crippen molar-refractivity contribution in [2.24, 2.45) is 0 Å². The van der Waals surface area contributed by atoms with Gasteiger partial charge in [-0.05, 0) is 51.7 Å². The number of hydrogen-bond acceptors (Lipinski definition) is 2. The second-order valence-electron chi connectivity index (χ2n) is 4.93. The third-order valence-corrected chi connectivity index (χ3v) is 3.30. The van der Waals surface area contributed by atoms with E-state index < -0.39 is 0 Å². The van der Waals surface area contributed by atoms with Gasteiger partial charge < -0.3 is 15.5 Å². The van der Waals surface area contributed by atoms with Crippen molar-refractivity contribution < 1.29 is 4.79 Å². The average molecular weight is 225 g/mol. The van der Waals surface area contributed by atoms with E-state index in [9.17, 15) is 4.79 Å². The van der Waals surface area contributed by atoms with Gasteiger partial charge >= 0.3 is 6.03 Å². The Balaban J connectivity index is 1.45. The van der Waals surface area contributed by atoms with Crippen molar-refractivity contribution in [3.8, 4) is 0 Å². The topological polar surface area (TPSA) is 44.4 Å². The molecule has 1 saturated carbocycles. The minimum atomic E-state index is 0.0149. The van der Waals surface area contributed by atoms with Crippen molar-refractivity contribution in [1.82, 2.24) is 15.5 Å². The van der Waals surface area contributed by atoms with Gasteiger partial charge in [-0.3, -0.25) is 0 Å². The van der Waals surface area contributed by atoms with Crippen LogP contribution in [-0.4, -0.2) is 43.2 Å². The highest BCUT2D eigenvalue weighted by Crippen LogP contribution is 2.18. The van der Waals surface area contributed by atoms with Crippen molar-refractivity contribution in [1.29, 1.82) is 0 Å². The predicted octanol–water partition coefficient (Wildman–Crippen LogP) is 1.32. The number of urea groups is 1. The molecule has 92 valence electrons. The van der Waals surface area contributed by atoms with Gasteiger partial charge in [0.25, 0.3) is 0 Å². The van der Waals surface area contributed by atoms with E-state index in [0.29, 0.717) is 6.04 Å². The first-order valence-corrected chi connectivity index (χ1v) is 6.61. The third-order valence-electron chi connectivity index (χ3n) is 3.30. The van der Waals surface area contributed by atoms with Gasteiger partial charge in [-0.25, -0.2) is 4.79 Å². The monoisotopic (exact) mass is 225 g/mol. The molecule has 4 heteroatoms. The minimum absolute atomic E-state index is 0.0149. The molecular formula is C12H23N3O. The molecule has 2 aliphatic rings. The number of nitrogens with zero attached hydrogens (tertiary/aromatic N) is 1. The van der Waals surface area contributed by atoms with E-state index in [1.165, 1.54) is 32.4 Å². The van der Waals surface area contributed by atoms with Crippen LogP contribution in [0, 0.1) is 0 Å². The van der Waals surface area contributed by atoms with Gasteiger partial charge in [0.1, 0.15) is 0 Å². The summed E-state index contributed by atoms with van der Waals surface area (Å²) in [6, 6.07) is 0.475. The maximum absolute atomic E-state index is 11.3. The molecule has 4 nitrogen and oxygen atoms in total. The summed E-state index contributed by atoms with van der Waals surface area (Å²) in [5, 5.41) is 5.85. The normalized spacial score (nSPS) is 21.8. The van der Waals surface area contributed by atoms with Gasteiger partial charge in [0.05, 0.1) is 0 Å². The first kappa shape index (κ1) is 11.7. The summed E-state index contributed by atoms with van der Waals surface area (Å²) in [5.74, 6) is 0. The fourth-order valence-electron chi connectivity index (χ4n) is 2.15. The number of hydrogen-bond donors (Lipinski definition) is 2. The van der Waals surface area contributed by atoms with Crippen LogP contribution in [0.5, 0.6) is 0 Å². The first-order valence-electron chi connectivity index (χ1n) is 6.61. The van der Waals surface area contributed by atoms with Crippen LogP contribution in [0.1, 0.15) is 38.5 Å². The Bertz CT molecular complexity index is 222. The standard InChI is InChI=1S/C12H23N3O/c16-12(14-11-5-6-11)13-7-4-10-15-8-2-1-3-9-15/h11H,1-10H2,(H2,13,14,16). The summed E-state index contributed by atoms with van der Waals surface area (Å²) in [4.78, 5) is 13.8. The Morgan fingerprint density at radius 2 is 1.94 bits per heavy atom. The quantitative estimate of drug-likeness (QED) is 0.693. The average Bonchev–Trinajstić information content (AvgIpc) is 3.10. The Morgan fingerprint density at radius 3 is 2.62 bits per heavy atom. The highest BCUT2D eigenvalue weighted by Gasteiger charge is 2.22. The molecular weight excluding hydrogens is 202 g/mol. The van der Waals surface area contributed by atoms with E-state index in [1.54, 1.807) is 0 Å². The highest BCUT2D eigenvalue weighted by atomic mass is 16.2. The molecule has 16 heavy (non-hydrogen) atoms. The Hall–Kier alpha value is -0.770. The molecule has 2 fully saturated rings. The lowest BCUT2D eigenvalue weighted by Gasteiger charge is -2.26. The van der Waals surface area contributed by atoms with Gasteiger partial charge in [-0.2, -0.15) is 0 Å². The molecule has 0 aromatic heterocycles. The van der Waals surface area contributed by atoms with Gasteiger partial charge in [0, 0.05) is 12.6 Å². The number of likely N-dealkylation sites (tertiary alicyclic amines) is 1. The van der Waals surface area contributed by atoms with Crippen LogP contribution in [0.2, 0.25) is 0 Å². The van der Waals surface area contributed by atoms with E-state index in [-0.39, 0.29) is 6.03 Å². The molecule has 1 aliphatic carbocycles. The molecule has 2 N–H and O–H groups in total. The molecule has 1 aliphatic heterocycles. The van der Waals surface area contributed by atoms with Gasteiger partial charge in [-0.1, -0.05) is 6.42 Å². The molecule has 0 radical (unpaired) electrons. The molecule has 2 amide bonds. The Morgan fingerprint density at radius 1 is 1.19 bits per heavy atom. The number of amides is 2. The molecule has 2 rings (SSSR count). The minimum Gasteiger partial charge on any atom is -0.338 e. The zero-order valence-corrected chi connectivity index (χ0v) is 10.0. The summed E-state index contributed by atoms with van der Waals surface area (Å²) in [5.41, 5.74) is 0. The molecule has 0 bridgehead atoms. The number of rotatable bonds is 5. The fraction of sp³-hybridized carbons (Fsp3) is 0.917. The van der Waals surface area contributed by atoms with Gasteiger partial charge in [0.15, 0.2) is 0 Å². The fourth-order valence-corrected chi connectivity index (χ4v) is 2.15. The molecule has 0 spiro atoms. The van der Waals surface area contributed by atoms with Gasteiger partial charge in [0.2, 0.25) is 0 Å². The number of nitrogens with one attached hydrogen (secondary N) is 2. The van der Waals surface area contributed by atoms with Crippen LogP contribution in [0.3, 0.4) is 0 Å². The summed E-state index contributed by atoms with van der Waals surface area (Å²) in [6.07, 6.45) is 7.45. The Kier molecular flexibility index (Phi) is 4.45. The second kappa shape index (κ2) is 6.09. The van der Waals surface area contributed by atoms with Crippen molar-refractivity contribution in [3.63, 3.8) is 0 Å². The molecule has 1 saturated heterocycles. The number of piperidine rings is 1. The number of carbonyl (C=O) groups excluding carboxylic acids is 1. The SMILES string of the molecule is O=C(NCCCN1CCCCC1)NC1CC1. The third kappa shape index (κ3) is 4.39. The van der Waals surface area contributed by atoms with Gasteiger partial charge in [-0.15, -0.1) is 0 Å². The van der Waals surface area contributed by atoms with E-state index >= 15 is 0 Å². The Labute approximate surface area is 97.8 Å². The van der Waals surface area contributed by atoms with Crippen molar-refractivity contribution >= 4 is 6.03 Å². The lowest BCUT2D eigenvalue weighted by Crippen LogP contribution is -2.38. The second-order valence-corrected chi connectivity index (χ2v) is 4.93. The van der Waals surface area contributed by atoms with Crippen molar-refractivity contribution in [2.45, 2.75) is 44.6 Å². The smallest absolute Gasteiger partial charge is 0.315 e. The summed E-state index contributed by atoms with van der Waals surface area (Å²) in [7, 11) is 0. The predicted molar refractivity (Wildman–Crippen MR) is 64.5 cm³/mol. The maximum Gasteiger partial charge on any atom is 0.315 e. The van der Waals surface area contributed by atoms with Crippen LogP contribution in [0.15, 0.2) is 0 Å². The summed E-state index contributed by atoms with van der Waals surface area (Å²) < 4.78 is 0. The lowest BCUT2D eigenvalue weighted by molar-refractivity contribution is 0.222. The van der Waals surface area contributed by atoms with Crippen LogP contribution in [0.25, 0.3) is 0 Å². The van der Waals surface area contributed by atoms with Crippen LogP contribution in [0.4, 0.5) is 4.79 Å². The molecule has 1 heterocycles. The van der Waals surface area contributed by atoms with E-state index in [0.717, 1.165) is 32.4 Å². The van der Waals surface area contributed by atoms with E-state index in [1.807, 2.05) is 0 Å². The lowest BCUT2D eigenvalue weighted by atomic mass is 10.1. The highest BCUT2D eigenvalue weighted by molar-refractivity contribution is 5.74. The van der Waals surface area contributed by atoms with Crippen LogP contribution >= 0.6 is 0 Å². The molecule has 0 atom stereocenters. The maximum atomic E-state index is 11.3. The first-order chi connectivity index (χ1) is 7.84. The zero-order chi connectivity index (χ0) is 11.2. The van der Waals surface area contributed by atoms with Crippen molar-refractivity contribution in [2.75, 3.05) is 26.2 Å². The van der Waals surface area contributed by atoms with E-state index in [2.05, 4.69) is 15.5 Å².